The van der Waals surface area contributed by atoms with Crippen molar-refractivity contribution in [2.45, 2.75) is 0 Å². The van der Waals surface area contributed by atoms with Crippen molar-refractivity contribution < 1.29 is 4.74 Å². The van der Waals surface area contributed by atoms with E-state index in [2.05, 4.69) is 25.9 Å². The number of aromatic amines is 1. The highest BCUT2D eigenvalue weighted by atomic mass is 79.9. The summed E-state index contributed by atoms with van der Waals surface area (Å²) in [5.74, 6) is 0.784. The number of hydrogen-bond acceptors (Lipinski definition) is 2. The van der Waals surface area contributed by atoms with Gasteiger partial charge in [0.25, 0.3) is 0 Å². The molecule has 5 heteroatoms. The van der Waals surface area contributed by atoms with E-state index in [1.165, 1.54) is 0 Å². The lowest BCUT2D eigenvalue weighted by atomic mass is 10.2. The number of benzene rings is 1. The molecule has 0 aliphatic heterocycles. The van der Waals surface area contributed by atoms with Crippen LogP contribution in [0.25, 0.3) is 21.8 Å². The largest absolute Gasteiger partial charge is 0.496 e. The summed E-state index contributed by atoms with van der Waals surface area (Å²) in [6, 6.07) is 3.94. The van der Waals surface area contributed by atoms with E-state index in [-0.39, 0.29) is 0 Å². The minimum absolute atomic E-state index is 0.637. The van der Waals surface area contributed by atoms with Gasteiger partial charge in [0.1, 0.15) is 5.75 Å². The van der Waals surface area contributed by atoms with Crippen LogP contribution in [0.1, 0.15) is 0 Å². The van der Waals surface area contributed by atoms with Crippen molar-refractivity contribution in [3.8, 4) is 5.75 Å². The zero-order valence-corrected chi connectivity index (χ0v) is 11.3. The Balaban J connectivity index is 2.51. The van der Waals surface area contributed by atoms with Gasteiger partial charge in [-0.25, -0.2) is 0 Å². The summed E-state index contributed by atoms with van der Waals surface area (Å²) < 4.78 is 6.20. The van der Waals surface area contributed by atoms with Gasteiger partial charge in [-0.15, -0.1) is 0 Å². The third-order valence-electron chi connectivity index (χ3n) is 2.73. The second kappa shape index (κ2) is 3.89. The van der Waals surface area contributed by atoms with Crippen LogP contribution in [0.3, 0.4) is 0 Å². The summed E-state index contributed by atoms with van der Waals surface area (Å²) in [5.41, 5.74) is 1.93. The number of pyridine rings is 1. The molecule has 0 spiro atoms. The van der Waals surface area contributed by atoms with Crippen molar-refractivity contribution >= 4 is 49.3 Å². The number of ether oxygens (including phenoxy) is 1. The van der Waals surface area contributed by atoms with Gasteiger partial charge in [0.05, 0.1) is 28.3 Å². The molecule has 1 N–H and O–H groups in total. The molecular weight excluding hydrogens is 304 g/mol. The van der Waals surface area contributed by atoms with Crippen LogP contribution in [0, 0.1) is 0 Å². The fourth-order valence-corrected chi connectivity index (χ4v) is 2.73. The van der Waals surface area contributed by atoms with E-state index in [1.54, 1.807) is 19.5 Å². The van der Waals surface area contributed by atoms with Crippen LogP contribution in [0.15, 0.2) is 29.0 Å². The summed E-state index contributed by atoms with van der Waals surface area (Å²) in [4.78, 5) is 7.34. The van der Waals surface area contributed by atoms with Gasteiger partial charge in [-0.2, -0.15) is 0 Å². The summed E-state index contributed by atoms with van der Waals surface area (Å²) in [5, 5.41) is 2.65. The Hall–Kier alpha value is -1.26. The molecule has 0 radical (unpaired) electrons. The van der Waals surface area contributed by atoms with Gasteiger partial charge in [-0.05, 0) is 28.1 Å². The molecule has 0 saturated carbocycles. The minimum Gasteiger partial charge on any atom is -0.496 e. The van der Waals surface area contributed by atoms with Crippen LogP contribution in [-0.2, 0) is 0 Å². The summed E-state index contributed by atoms with van der Waals surface area (Å²) >= 11 is 9.64. The van der Waals surface area contributed by atoms with E-state index in [0.29, 0.717) is 5.02 Å². The molecule has 1 aromatic carbocycles. The number of methoxy groups -OCH3 is 1. The van der Waals surface area contributed by atoms with Crippen molar-refractivity contribution in [3.05, 3.63) is 34.0 Å². The van der Waals surface area contributed by atoms with E-state index >= 15 is 0 Å². The second-order valence-corrected chi connectivity index (χ2v) is 4.96. The molecule has 3 rings (SSSR count). The molecular formula is C12H8BrClN2O. The van der Waals surface area contributed by atoms with Crippen molar-refractivity contribution in [3.63, 3.8) is 0 Å². The van der Waals surface area contributed by atoms with Crippen LogP contribution in [0.2, 0.25) is 5.02 Å². The average Bonchev–Trinajstić information content (AvgIpc) is 2.66. The molecule has 0 unspecified atom stereocenters. The predicted molar refractivity (Wildman–Crippen MR) is 72.9 cm³/mol. The predicted octanol–water partition coefficient (Wildman–Crippen LogP) is 4.14. The van der Waals surface area contributed by atoms with Crippen LogP contribution >= 0.6 is 27.5 Å². The van der Waals surface area contributed by atoms with Crippen molar-refractivity contribution in [2.75, 3.05) is 7.11 Å². The topological polar surface area (TPSA) is 37.9 Å². The fraction of sp³-hybridized carbons (Fsp3) is 0.0833. The molecule has 3 nitrogen and oxygen atoms in total. The van der Waals surface area contributed by atoms with Gasteiger partial charge < -0.3 is 9.72 Å². The summed E-state index contributed by atoms with van der Waals surface area (Å²) in [6.45, 7) is 0. The van der Waals surface area contributed by atoms with Crippen molar-refractivity contribution in [2.24, 2.45) is 0 Å². The molecule has 0 bridgehead atoms. The average molecular weight is 312 g/mol. The first-order valence-corrected chi connectivity index (χ1v) is 6.16. The first-order valence-electron chi connectivity index (χ1n) is 4.99. The zero-order valence-electron chi connectivity index (χ0n) is 8.92. The first kappa shape index (κ1) is 10.9. The van der Waals surface area contributed by atoms with Crippen LogP contribution in [0.4, 0.5) is 0 Å². The van der Waals surface area contributed by atoms with Crippen molar-refractivity contribution in [1.82, 2.24) is 9.97 Å². The quantitative estimate of drug-likeness (QED) is 0.733. The molecule has 0 aliphatic rings. The number of H-pyrrole nitrogens is 1. The third kappa shape index (κ3) is 1.59. The van der Waals surface area contributed by atoms with Gasteiger partial charge in [0.2, 0.25) is 0 Å². The molecule has 2 heterocycles. The number of fused-ring (bicyclic) bond motifs is 3. The van der Waals surface area contributed by atoms with E-state index in [1.807, 2.05) is 12.1 Å². The molecule has 2 aromatic heterocycles. The second-order valence-electron chi connectivity index (χ2n) is 3.70. The molecule has 0 saturated heterocycles. The van der Waals surface area contributed by atoms with Gasteiger partial charge in [-0.1, -0.05) is 11.6 Å². The lowest BCUT2D eigenvalue weighted by molar-refractivity contribution is 0.413. The Morgan fingerprint density at radius 2 is 2.12 bits per heavy atom. The number of rotatable bonds is 1. The molecule has 0 aliphatic carbocycles. The number of nitrogens with one attached hydrogen (secondary N) is 1. The molecule has 0 fully saturated rings. The van der Waals surface area contributed by atoms with Gasteiger partial charge >= 0.3 is 0 Å². The molecule has 0 atom stereocenters. The molecule has 0 amide bonds. The maximum atomic E-state index is 6.18. The number of halogens is 2. The van der Waals surface area contributed by atoms with E-state index < -0.39 is 0 Å². The number of aromatic nitrogens is 2. The lowest BCUT2D eigenvalue weighted by Gasteiger charge is -2.03. The molecule has 86 valence electrons. The Morgan fingerprint density at radius 1 is 1.29 bits per heavy atom. The maximum absolute atomic E-state index is 6.18. The van der Waals surface area contributed by atoms with Gasteiger partial charge in [0.15, 0.2) is 0 Å². The highest BCUT2D eigenvalue weighted by Gasteiger charge is 2.11. The summed E-state index contributed by atoms with van der Waals surface area (Å²) in [7, 11) is 1.64. The van der Waals surface area contributed by atoms with Crippen LogP contribution in [0.5, 0.6) is 5.75 Å². The monoisotopic (exact) mass is 310 g/mol. The van der Waals surface area contributed by atoms with Gasteiger partial charge in [-0.3, -0.25) is 4.98 Å². The highest BCUT2D eigenvalue weighted by Crippen LogP contribution is 2.36. The Bertz CT molecular complexity index is 723. The first-order chi connectivity index (χ1) is 8.20. The zero-order chi connectivity index (χ0) is 12.0. The lowest BCUT2D eigenvalue weighted by Crippen LogP contribution is -1.83. The standard InChI is InChI=1S/C12H8BrClN2O/c1-17-11-2-6-9(3-7(11)13)16-10-5-15-4-8(14)12(6)10/h2-5,16H,1H3. The Kier molecular flexibility index (Phi) is 2.49. The number of nitrogens with zero attached hydrogens (tertiary/aromatic N) is 1. The van der Waals surface area contributed by atoms with Crippen molar-refractivity contribution in [1.29, 1.82) is 0 Å². The van der Waals surface area contributed by atoms with Crippen LogP contribution < -0.4 is 4.74 Å². The normalized spacial score (nSPS) is 11.2. The highest BCUT2D eigenvalue weighted by molar-refractivity contribution is 9.10. The Labute approximate surface area is 111 Å². The molecule has 3 aromatic rings. The Morgan fingerprint density at radius 3 is 2.88 bits per heavy atom. The smallest absolute Gasteiger partial charge is 0.133 e. The number of hydrogen-bond donors (Lipinski definition) is 1. The van der Waals surface area contributed by atoms with E-state index in [4.69, 9.17) is 16.3 Å². The van der Waals surface area contributed by atoms with E-state index in [0.717, 1.165) is 32.0 Å². The molecule has 17 heavy (non-hydrogen) atoms. The fourth-order valence-electron chi connectivity index (χ4n) is 1.97. The van der Waals surface area contributed by atoms with E-state index in [9.17, 15) is 0 Å². The third-order valence-corrected chi connectivity index (χ3v) is 3.64. The minimum atomic E-state index is 0.637. The SMILES string of the molecule is COc1cc2c(cc1Br)[nH]c1cncc(Cl)c12. The summed E-state index contributed by atoms with van der Waals surface area (Å²) in [6.07, 6.45) is 3.41. The van der Waals surface area contributed by atoms with Crippen LogP contribution in [-0.4, -0.2) is 17.1 Å². The maximum Gasteiger partial charge on any atom is 0.133 e. The van der Waals surface area contributed by atoms with Gasteiger partial charge in [0, 0.05) is 22.5 Å².